The number of hydrogen-bond acceptors (Lipinski definition) is 2. The van der Waals surface area contributed by atoms with Gasteiger partial charge in [0, 0.05) is 12.2 Å². The van der Waals surface area contributed by atoms with Crippen molar-refractivity contribution in [3.05, 3.63) is 30.1 Å². The lowest BCUT2D eigenvalue weighted by molar-refractivity contribution is 0.130. The number of rotatable bonds is 4. The van der Waals surface area contributed by atoms with E-state index in [2.05, 4.69) is 19.2 Å². The first-order chi connectivity index (χ1) is 8.04. The minimum atomic E-state index is -0.203. The summed E-state index contributed by atoms with van der Waals surface area (Å²) in [6.45, 7) is 5.14. The number of nitrogens with one attached hydrogen (secondary N) is 1. The van der Waals surface area contributed by atoms with Crippen LogP contribution in [0.25, 0.3) is 0 Å². The largest absolute Gasteiger partial charge is 0.378 e. The zero-order valence-electron chi connectivity index (χ0n) is 10.5. The summed E-state index contributed by atoms with van der Waals surface area (Å²) in [7, 11) is 0. The number of nitrogens with two attached hydrogens (primary N) is 1. The predicted octanol–water partition coefficient (Wildman–Crippen LogP) is 3.00. The molecule has 0 saturated heterocycles. The molecule has 0 heterocycles. The molecule has 3 N–H and O–H groups in total. The van der Waals surface area contributed by atoms with E-state index in [9.17, 15) is 4.39 Å². The van der Waals surface area contributed by atoms with Crippen LogP contribution in [0.4, 0.5) is 10.1 Å². The quantitative estimate of drug-likeness (QED) is 0.843. The summed E-state index contributed by atoms with van der Waals surface area (Å²) in [5, 5.41) is 3.46. The SMILES string of the molecule is CC(C)C1CC(CN)(Nc2ccc(F)cc2)C1. The molecular weight excluding hydrogens is 215 g/mol. The molecule has 1 aromatic rings. The van der Waals surface area contributed by atoms with Gasteiger partial charge in [-0.3, -0.25) is 0 Å². The van der Waals surface area contributed by atoms with Gasteiger partial charge in [0.25, 0.3) is 0 Å². The second kappa shape index (κ2) is 4.65. The third-order valence-corrected chi connectivity index (χ3v) is 3.89. The molecule has 0 radical (unpaired) electrons. The lowest BCUT2D eigenvalue weighted by Crippen LogP contribution is -2.56. The normalized spacial score (nSPS) is 27.9. The van der Waals surface area contributed by atoms with Crippen molar-refractivity contribution in [1.82, 2.24) is 0 Å². The van der Waals surface area contributed by atoms with Gasteiger partial charge in [0.15, 0.2) is 0 Å². The van der Waals surface area contributed by atoms with Crippen molar-refractivity contribution in [2.24, 2.45) is 17.6 Å². The molecule has 17 heavy (non-hydrogen) atoms. The molecule has 0 aromatic heterocycles. The highest BCUT2D eigenvalue weighted by molar-refractivity contribution is 5.46. The Kier molecular flexibility index (Phi) is 3.38. The van der Waals surface area contributed by atoms with Gasteiger partial charge in [-0.05, 0) is 48.9 Å². The molecule has 1 aliphatic rings. The van der Waals surface area contributed by atoms with Gasteiger partial charge in [-0.1, -0.05) is 13.8 Å². The summed E-state index contributed by atoms with van der Waals surface area (Å²) in [6, 6.07) is 6.50. The Morgan fingerprint density at radius 3 is 2.41 bits per heavy atom. The fourth-order valence-electron chi connectivity index (χ4n) is 2.57. The Balaban J connectivity index is 2.00. The van der Waals surface area contributed by atoms with Crippen LogP contribution in [-0.2, 0) is 0 Å². The van der Waals surface area contributed by atoms with Crippen molar-refractivity contribution in [3.63, 3.8) is 0 Å². The van der Waals surface area contributed by atoms with Crippen molar-refractivity contribution in [2.75, 3.05) is 11.9 Å². The van der Waals surface area contributed by atoms with Gasteiger partial charge >= 0.3 is 0 Å². The van der Waals surface area contributed by atoms with E-state index in [4.69, 9.17) is 5.73 Å². The first-order valence-electron chi connectivity index (χ1n) is 6.28. The van der Waals surface area contributed by atoms with E-state index in [1.807, 2.05) is 0 Å². The second-order valence-electron chi connectivity index (χ2n) is 5.53. The monoisotopic (exact) mass is 236 g/mol. The highest BCUT2D eigenvalue weighted by atomic mass is 19.1. The summed E-state index contributed by atoms with van der Waals surface area (Å²) in [4.78, 5) is 0. The third kappa shape index (κ3) is 2.60. The van der Waals surface area contributed by atoms with Gasteiger partial charge in [0.2, 0.25) is 0 Å². The van der Waals surface area contributed by atoms with E-state index < -0.39 is 0 Å². The minimum Gasteiger partial charge on any atom is -0.378 e. The molecule has 2 nitrogen and oxygen atoms in total. The lowest BCUT2D eigenvalue weighted by Gasteiger charge is -2.50. The summed E-state index contributed by atoms with van der Waals surface area (Å²) in [5.41, 5.74) is 6.85. The van der Waals surface area contributed by atoms with Gasteiger partial charge in [0.05, 0.1) is 5.54 Å². The van der Waals surface area contributed by atoms with Crippen molar-refractivity contribution in [3.8, 4) is 0 Å². The summed E-state index contributed by atoms with van der Waals surface area (Å²) in [6.07, 6.45) is 2.22. The molecule has 0 atom stereocenters. The lowest BCUT2D eigenvalue weighted by atomic mass is 9.64. The van der Waals surface area contributed by atoms with E-state index in [0.717, 1.165) is 24.4 Å². The van der Waals surface area contributed by atoms with E-state index in [0.29, 0.717) is 12.5 Å². The minimum absolute atomic E-state index is 0.0206. The average Bonchev–Trinajstić information content (AvgIpc) is 2.25. The van der Waals surface area contributed by atoms with Gasteiger partial charge in [-0.25, -0.2) is 4.39 Å². The fourth-order valence-corrected chi connectivity index (χ4v) is 2.57. The molecule has 0 amide bonds. The molecule has 0 unspecified atom stereocenters. The smallest absolute Gasteiger partial charge is 0.123 e. The zero-order valence-corrected chi connectivity index (χ0v) is 10.5. The Labute approximate surface area is 102 Å². The van der Waals surface area contributed by atoms with Crippen molar-refractivity contribution < 1.29 is 4.39 Å². The van der Waals surface area contributed by atoms with Crippen LogP contribution in [0.5, 0.6) is 0 Å². The number of halogens is 1. The van der Waals surface area contributed by atoms with Crippen LogP contribution in [0.2, 0.25) is 0 Å². The van der Waals surface area contributed by atoms with Gasteiger partial charge in [0.1, 0.15) is 5.82 Å². The average molecular weight is 236 g/mol. The molecule has 1 aromatic carbocycles. The summed E-state index contributed by atoms with van der Waals surface area (Å²) < 4.78 is 12.8. The maximum Gasteiger partial charge on any atom is 0.123 e. The number of benzene rings is 1. The van der Waals surface area contributed by atoms with Crippen molar-refractivity contribution in [2.45, 2.75) is 32.2 Å². The molecular formula is C14H21FN2. The Morgan fingerprint density at radius 1 is 1.35 bits per heavy atom. The molecule has 0 spiro atoms. The Morgan fingerprint density at radius 2 is 1.94 bits per heavy atom. The second-order valence-corrected chi connectivity index (χ2v) is 5.53. The number of anilines is 1. The highest BCUT2D eigenvalue weighted by Gasteiger charge is 2.44. The predicted molar refractivity (Wildman–Crippen MR) is 69.4 cm³/mol. The van der Waals surface area contributed by atoms with Crippen molar-refractivity contribution in [1.29, 1.82) is 0 Å². The first kappa shape index (κ1) is 12.4. The Bertz CT molecular complexity index is 366. The fraction of sp³-hybridized carbons (Fsp3) is 0.571. The summed E-state index contributed by atoms with van der Waals surface area (Å²) in [5.74, 6) is 1.27. The van der Waals surface area contributed by atoms with Crippen LogP contribution in [0.3, 0.4) is 0 Å². The molecule has 1 saturated carbocycles. The van der Waals surface area contributed by atoms with Gasteiger partial charge in [-0.15, -0.1) is 0 Å². The molecule has 1 fully saturated rings. The maximum absolute atomic E-state index is 12.8. The molecule has 0 aliphatic heterocycles. The van der Waals surface area contributed by atoms with Gasteiger partial charge in [-0.2, -0.15) is 0 Å². The van der Waals surface area contributed by atoms with Crippen LogP contribution in [0, 0.1) is 17.7 Å². The third-order valence-electron chi connectivity index (χ3n) is 3.89. The van der Waals surface area contributed by atoms with Crippen molar-refractivity contribution >= 4 is 5.69 Å². The standard InChI is InChI=1S/C14H21FN2/c1-10(2)11-7-14(8-11,9-16)17-13-5-3-12(15)4-6-13/h3-6,10-11,17H,7-9,16H2,1-2H3. The molecule has 1 aliphatic carbocycles. The Hall–Kier alpha value is -1.09. The topological polar surface area (TPSA) is 38.0 Å². The maximum atomic E-state index is 12.8. The zero-order chi connectivity index (χ0) is 12.5. The molecule has 0 bridgehead atoms. The van der Waals surface area contributed by atoms with E-state index in [1.165, 1.54) is 12.1 Å². The van der Waals surface area contributed by atoms with E-state index in [-0.39, 0.29) is 11.4 Å². The van der Waals surface area contributed by atoms with Crippen LogP contribution in [0.1, 0.15) is 26.7 Å². The molecule has 94 valence electrons. The van der Waals surface area contributed by atoms with Crippen LogP contribution in [-0.4, -0.2) is 12.1 Å². The van der Waals surface area contributed by atoms with Gasteiger partial charge < -0.3 is 11.1 Å². The number of hydrogen-bond donors (Lipinski definition) is 2. The first-order valence-corrected chi connectivity index (χ1v) is 6.28. The van der Waals surface area contributed by atoms with Crippen LogP contribution in [0.15, 0.2) is 24.3 Å². The highest BCUT2D eigenvalue weighted by Crippen LogP contribution is 2.43. The van der Waals surface area contributed by atoms with E-state index in [1.54, 1.807) is 12.1 Å². The van der Waals surface area contributed by atoms with Crippen LogP contribution >= 0.6 is 0 Å². The van der Waals surface area contributed by atoms with Crippen LogP contribution < -0.4 is 11.1 Å². The molecule has 2 rings (SSSR count). The molecule has 3 heteroatoms. The van der Waals surface area contributed by atoms with E-state index >= 15 is 0 Å². The summed E-state index contributed by atoms with van der Waals surface area (Å²) >= 11 is 0.